The lowest BCUT2D eigenvalue weighted by Crippen LogP contribution is -2.45. The van der Waals surface area contributed by atoms with E-state index >= 15 is 0 Å². The van der Waals surface area contributed by atoms with Crippen LogP contribution in [0.25, 0.3) is 0 Å². The van der Waals surface area contributed by atoms with Gasteiger partial charge in [-0.15, -0.1) is 0 Å². The van der Waals surface area contributed by atoms with Crippen LogP contribution in [0.2, 0.25) is 0 Å². The van der Waals surface area contributed by atoms with Gasteiger partial charge >= 0.3 is 0 Å². The van der Waals surface area contributed by atoms with Gasteiger partial charge in [0, 0.05) is 13.1 Å². The van der Waals surface area contributed by atoms with E-state index in [1.165, 1.54) is 16.7 Å². The van der Waals surface area contributed by atoms with Crippen molar-refractivity contribution in [2.45, 2.75) is 39.4 Å². The van der Waals surface area contributed by atoms with Gasteiger partial charge in [-0.25, -0.2) is 0 Å². The van der Waals surface area contributed by atoms with E-state index in [4.69, 9.17) is 4.74 Å². The minimum atomic E-state index is -0.0153. The number of amides is 1. The maximum absolute atomic E-state index is 12.7. The maximum atomic E-state index is 12.7. The normalized spacial score (nSPS) is 15.3. The first-order valence-corrected chi connectivity index (χ1v) is 10.4. The van der Waals surface area contributed by atoms with E-state index in [1.807, 2.05) is 6.07 Å². The fraction of sp³-hybridized carbons (Fsp3) is 0.269. The third-order valence-electron chi connectivity index (χ3n) is 5.52. The predicted molar refractivity (Wildman–Crippen MR) is 121 cm³/mol. The summed E-state index contributed by atoms with van der Waals surface area (Å²) in [5.74, 6) is 0.931. The summed E-state index contributed by atoms with van der Waals surface area (Å²) >= 11 is 0. The zero-order chi connectivity index (χ0) is 20.9. The second-order valence-electron chi connectivity index (χ2n) is 8.02. The second-order valence-corrected chi connectivity index (χ2v) is 8.02. The van der Waals surface area contributed by atoms with Crippen molar-refractivity contribution < 1.29 is 9.53 Å². The highest BCUT2D eigenvalue weighted by Gasteiger charge is 2.29. The molecule has 1 heterocycles. The molecule has 0 fully saturated rings. The summed E-state index contributed by atoms with van der Waals surface area (Å²) in [6.45, 7) is 5.92. The van der Waals surface area contributed by atoms with Gasteiger partial charge in [0.05, 0.1) is 18.2 Å². The number of carbonyl (C=O) groups is 1. The molecule has 154 valence electrons. The molecule has 1 unspecified atom stereocenters. The lowest BCUT2D eigenvalue weighted by atomic mass is 10.0. The first-order valence-electron chi connectivity index (χ1n) is 10.4. The van der Waals surface area contributed by atoms with Crippen LogP contribution >= 0.6 is 0 Å². The fourth-order valence-corrected chi connectivity index (χ4v) is 3.80. The number of benzene rings is 3. The molecule has 30 heavy (non-hydrogen) atoms. The average Bonchev–Trinajstić information content (AvgIpc) is 2.75. The van der Waals surface area contributed by atoms with Gasteiger partial charge in [-0.2, -0.15) is 0 Å². The Morgan fingerprint density at radius 2 is 1.70 bits per heavy atom. The van der Waals surface area contributed by atoms with Crippen molar-refractivity contribution in [3.63, 3.8) is 0 Å². The number of nitrogens with one attached hydrogen (secondary N) is 1. The van der Waals surface area contributed by atoms with E-state index in [-0.39, 0.29) is 11.9 Å². The van der Waals surface area contributed by atoms with Crippen LogP contribution in [0.1, 0.15) is 28.7 Å². The fourth-order valence-electron chi connectivity index (χ4n) is 3.80. The summed E-state index contributed by atoms with van der Waals surface area (Å²) in [6.07, 6.45) is 0.395. The molecular weight excluding hydrogens is 372 g/mol. The highest BCUT2D eigenvalue weighted by Crippen LogP contribution is 2.36. The van der Waals surface area contributed by atoms with E-state index in [9.17, 15) is 4.79 Å². The molecular formula is C26H28N2O2. The van der Waals surface area contributed by atoms with Crippen molar-refractivity contribution in [3.05, 3.63) is 95.1 Å². The van der Waals surface area contributed by atoms with E-state index in [0.29, 0.717) is 19.6 Å². The average molecular weight is 401 g/mol. The van der Waals surface area contributed by atoms with Crippen molar-refractivity contribution in [1.82, 2.24) is 5.32 Å². The molecule has 0 saturated carbocycles. The molecule has 1 aliphatic heterocycles. The van der Waals surface area contributed by atoms with Crippen molar-refractivity contribution in [3.8, 4) is 5.75 Å². The Morgan fingerprint density at radius 3 is 2.47 bits per heavy atom. The summed E-state index contributed by atoms with van der Waals surface area (Å²) < 4.78 is 6.04. The molecule has 0 aliphatic carbocycles. The Morgan fingerprint density at radius 1 is 0.967 bits per heavy atom. The molecule has 1 N–H and O–H groups in total. The molecule has 4 nitrogen and oxygen atoms in total. The highest BCUT2D eigenvalue weighted by atomic mass is 16.5. The molecule has 0 saturated heterocycles. The van der Waals surface area contributed by atoms with Gasteiger partial charge in [0.15, 0.2) is 0 Å². The van der Waals surface area contributed by atoms with Gasteiger partial charge in [0.25, 0.3) is 0 Å². The lowest BCUT2D eigenvalue weighted by molar-refractivity contribution is -0.121. The monoisotopic (exact) mass is 400 g/mol. The van der Waals surface area contributed by atoms with Crippen LogP contribution < -0.4 is 15.0 Å². The first kappa shape index (κ1) is 20.0. The van der Waals surface area contributed by atoms with Crippen molar-refractivity contribution in [2.24, 2.45) is 0 Å². The smallest absolute Gasteiger partial charge is 0.222 e. The van der Waals surface area contributed by atoms with Crippen LogP contribution in [0.15, 0.2) is 72.8 Å². The Kier molecular flexibility index (Phi) is 6.03. The Bertz CT molecular complexity index is 999. The quantitative estimate of drug-likeness (QED) is 0.648. The zero-order valence-corrected chi connectivity index (χ0v) is 17.6. The molecule has 0 radical (unpaired) electrons. The first-order chi connectivity index (χ1) is 14.6. The van der Waals surface area contributed by atoms with Crippen LogP contribution in [0, 0.1) is 13.8 Å². The molecule has 4 rings (SSSR count). The van der Waals surface area contributed by atoms with Crippen LogP contribution in [-0.4, -0.2) is 18.6 Å². The number of rotatable bonds is 6. The molecule has 1 atom stereocenters. The number of nitrogens with zero attached hydrogens (tertiary/aromatic N) is 1. The molecule has 3 aromatic carbocycles. The molecule has 1 amide bonds. The zero-order valence-electron chi connectivity index (χ0n) is 17.6. The summed E-state index contributed by atoms with van der Waals surface area (Å²) in [4.78, 5) is 15.0. The SMILES string of the molecule is Cc1ccc(CNC(=O)CC2COc3cc(C)ccc3N2Cc2ccccc2)cc1. The van der Waals surface area contributed by atoms with Gasteiger partial charge in [-0.1, -0.05) is 66.2 Å². The van der Waals surface area contributed by atoms with Gasteiger partial charge in [0.1, 0.15) is 12.4 Å². The van der Waals surface area contributed by atoms with Gasteiger partial charge in [-0.3, -0.25) is 4.79 Å². The summed E-state index contributed by atoms with van der Waals surface area (Å²) in [5.41, 5.74) is 5.76. The molecule has 0 aromatic heterocycles. The van der Waals surface area contributed by atoms with Crippen LogP contribution in [-0.2, 0) is 17.9 Å². The number of anilines is 1. The summed E-state index contributed by atoms with van der Waals surface area (Å²) in [7, 11) is 0. The van der Waals surface area contributed by atoms with Gasteiger partial charge < -0.3 is 15.0 Å². The maximum Gasteiger partial charge on any atom is 0.222 e. The minimum absolute atomic E-state index is 0.0153. The molecule has 4 heteroatoms. The topological polar surface area (TPSA) is 41.6 Å². The number of ether oxygens (including phenoxy) is 1. The van der Waals surface area contributed by atoms with Crippen molar-refractivity contribution in [1.29, 1.82) is 0 Å². The highest BCUT2D eigenvalue weighted by molar-refractivity contribution is 5.77. The third kappa shape index (κ3) is 4.82. The standard InChI is InChI=1S/C26H28N2O2/c1-19-8-11-21(12-9-19)16-27-26(29)15-23-18-30-25-14-20(2)10-13-24(25)28(23)17-22-6-4-3-5-7-22/h3-14,23H,15-18H2,1-2H3,(H,27,29). The number of aryl methyl sites for hydroxylation is 2. The Balaban J connectivity index is 1.48. The van der Waals surface area contributed by atoms with E-state index in [1.54, 1.807) is 0 Å². The summed E-state index contributed by atoms with van der Waals surface area (Å²) in [5, 5.41) is 3.06. The van der Waals surface area contributed by atoms with Gasteiger partial charge in [-0.05, 0) is 42.7 Å². The van der Waals surface area contributed by atoms with E-state index in [0.717, 1.165) is 23.5 Å². The molecule has 0 spiro atoms. The van der Waals surface area contributed by atoms with Crippen LogP contribution in [0.4, 0.5) is 5.69 Å². The van der Waals surface area contributed by atoms with E-state index in [2.05, 4.69) is 90.8 Å². The number of carbonyl (C=O) groups excluding carboxylic acids is 1. The largest absolute Gasteiger partial charge is 0.489 e. The van der Waals surface area contributed by atoms with Crippen molar-refractivity contribution >= 4 is 11.6 Å². The van der Waals surface area contributed by atoms with Crippen LogP contribution in [0.3, 0.4) is 0 Å². The number of fused-ring (bicyclic) bond motifs is 1. The van der Waals surface area contributed by atoms with Gasteiger partial charge in [0.2, 0.25) is 5.91 Å². The molecule has 1 aliphatic rings. The lowest BCUT2D eigenvalue weighted by Gasteiger charge is -2.38. The minimum Gasteiger partial charge on any atom is -0.489 e. The predicted octanol–water partition coefficient (Wildman–Crippen LogP) is 4.78. The Hall–Kier alpha value is -3.27. The van der Waals surface area contributed by atoms with Crippen LogP contribution in [0.5, 0.6) is 5.75 Å². The molecule has 3 aromatic rings. The number of hydrogen-bond acceptors (Lipinski definition) is 3. The third-order valence-corrected chi connectivity index (χ3v) is 5.52. The van der Waals surface area contributed by atoms with E-state index < -0.39 is 0 Å². The molecule has 0 bridgehead atoms. The summed E-state index contributed by atoms with van der Waals surface area (Å²) in [6, 6.07) is 24.9. The Labute approximate surface area is 178 Å². The second kappa shape index (κ2) is 9.04. The number of hydrogen-bond donors (Lipinski definition) is 1. The van der Waals surface area contributed by atoms with Crippen molar-refractivity contribution in [2.75, 3.05) is 11.5 Å².